The summed E-state index contributed by atoms with van der Waals surface area (Å²) in [6.07, 6.45) is 0.922. The molecule has 2 N–H and O–H groups in total. The first-order chi connectivity index (χ1) is 13.0. The molecule has 2 aliphatic rings. The highest BCUT2D eigenvalue weighted by atomic mass is 16.2. The van der Waals surface area contributed by atoms with Crippen molar-refractivity contribution in [1.82, 2.24) is 20.4 Å². The summed E-state index contributed by atoms with van der Waals surface area (Å²) in [5.74, 6) is 0.458. The summed E-state index contributed by atoms with van der Waals surface area (Å²) in [5, 5.41) is 5.66. The van der Waals surface area contributed by atoms with Gasteiger partial charge in [0, 0.05) is 38.6 Å². The Kier molecular flexibility index (Phi) is 6.45. The summed E-state index contributed by atoms with van der Waals surface area (Å²) in [7, 11) is 0. The van der Waals surface area contributed by atoms with E-state index in [2.05, 4.69) is 15.5 Å². The van der Waals surface area contributed by atoms with Crippen LogP contribution < -0.4 is 10.6 Å². The van der Waals surface area contributed by atoms with Crippen molar-refractivity contribution in [3.05, 3.63) is 35.9 Å². The Morgan fingerprint density at radius 2 is 1.70 bits per heavy atom. The number of hydrogen-bond acceptors (Lipinski definition) is 4. The standard InChI is InChI=1S/C20H28N4O3/c1-15-11-17(15)20(27)22-13-19(26)24-9-7-23(8-10-24)14-18(25)21-12-16-5-3-2-4-6-16/h2-6,15,17H,7-14H2,1H3,(H,21,25)(H,22,27)/t15-,17-/m1/s1. The molecule has 0 spiro atoms. The largest absolute Gasteiger partial charge is 0.351 e. The molecule has 0 radical (unpaired) electrons. The fourth-order valence-electron chi connectivity index (χ4n) is 3.30. The van der Waals surface area contributed by atoms with Gasteiger partial charge >= 0.3 is 0 Å². The summed E-state index contributed by atoms with van der Waals surface area (Å²) in [5.41, 5.74) is 1.07. The van der Waals surface area contributed by atoms with Gasteiger partial charge in [-0.15, -0.1) is 0 Å². The Bertz CT molecular complexity index is 671. The van der Waals surface area contributed by atoms with E-state index < -0.39 is 0 Å². The van der Waals surface area contributed by atoms with Crippen molar-refractivity contribution < 1.29 is 14.4 Å². The van der Waals surface area contributed by atoms with Gasteiger partial charge in [0.1, 0.15) is 0 Å². The van der Waals surface area contributed by atoms with Gasteiger partial charge in [-0.25, -0.2) is 0 Å². The number of amides is 3. The third kappa shape index (κ3) is 5.79. The summed E-state index contributed by atoms with van der Waals surface area (Å²) in [6.45, 7) is 5.47. The zero-order chi connectivity index (χ0) is 19.2. The third-order valence-corrected chi connectivity index (χ3v) is 5.28. The first-order valence-corrected chi connectivity index (χ1v) is 9.61. The summed E-state index contributed by atoms with van der Waals surface area (Å²) in [4.78, 5) is 39.9. The monoisotopic (exact) mass is 372 g/mol. The number of benzene rings is 1. The van der Waals surface area contributed by atoms with E-state index in [-0.39, 0.29) is 30.2 Å². The molecule has 0 bridgehead atoms. The summed E-state index contributed by atoms with van der Waals surface area (Å²) >= 11 is 0. The van der Waals surface area contributed by atoms with Gasteiger partial charge in [-0.3, -0.25) is 19.3 Å². The second kappa shape index (κ2) is 8.99. The van der Waals surface area contributed by atoms with Crippen LogP contribution in [0.15, 0.2) is 30.3 Å². The minimum absolute atomic E-state index is 0.00965. The van der Waals surface area contributed by atoms with E-state index in [1.165, 1.54) is 0 Å². The smallest absolute Gasteiger partial charge is 0.242 e. The van der Waals surface area contributed by atoms with E-state index in [9.17, 15) is 14.4 Å². The molecule has 0 unspecified atom stereocenters. The van der Waals surface area contributed by atoms with Crippen LogP contribution >= 0.6 is 0 Å². The van der Waals surface area contributed by atoms with Crippen molar-refractivity contribution in [3.8, 4) is 0 Å². The van der Waals surface area contributed by atoms with E-state index in [4.69, 9.17) is 0 Å². The molecule has 3 amide bonds. The molecule has 3 rings (SSSR count). The van der Waals surface area contributed by atoms with E-state index >= 15 is 0 Å². The first kappa shape index (κ1) is 19.4. The average Bonchev–Trinajstić information content (AvgIpc) is 3.42. The highest BCUT2D eigenvalue weighted by Crippen LogP contribution is 2.37. The van der Waals surface area contributed by atoms with Gasteiger partial charge in [-0.2, -0.15) is 0 Å². The fraction of sp³-hybridized carbons (Fsp3) is 0.550. The molecule has 7 nitrogen and oxygen atoms in total. The quantitative estimate of drug-likeness (QED) is 0.717. The maximum atomic E-state index is 12.2. The molecule has 2 atom stereocenters. The first-order valence-electron chi connectivity index (χ1n) is 9.61. The molecule has 1 aliphatic carbocycles. The number of piperazine rings is 1. The van der Waals surface area contributed by atoms with Crippen LogP contribution in [0.2, 0.25) is 0 Å². The summed E-state index contributed by atoms with van der Waals surface area (Å²) < 4.78 is 0. The lowest BCUT2D eigenvalue weighted by molar-refractivity contribution is -0.135. The van der Waals surface area contributed by atoms with Crippen LogP contribution in [0.25, 0.3) is 0 Å². The van der Waals surface area contributed by atoms with Crippen molar-refractivity contribution in [2.75, 3.05) is 39.3 Å². The van der Waals surface area contributed by atoms with Gasteiger partial charge in [-0.05, 0) is 17.9 Å². The van der Waals surface area contributed by atoms with Crippen molar-refractivity contribution >= 4 is 17.7 Å². The number of nitrogens with one attached hydrogen (secondary N) is 2. The molecule has 27 heavy (non-hydrogen) atoms. The molecule has 2 fully saturated rings. The van der Waals surface area contributed by atoms with E-state index in [1.807, 2.05) is 37.3 Å². The van der Waals surface area contributed by atoms with Gasteiger partial charge < -0.3 is 15.5 Å². The highest BCUT2D eigenvalue weighted by molar-refractivity contribution is 5.87. The second-order valence-corrected chi connectivity index (χ2v) is 7.46. The molecule has 1 saturated carbocycles. The van der Waals surface area contributed by atoms with Gasteiger partial charge in [0.25, 0.3) is 0 Å². The van der Waals surface area contributed by atoms with Crippen LogP contribution in [0.3, 0.4) is 0 Å². The van der Waals surface area contributed by atoms with Gasteiger partial charge in [0.05, 0.1) is 13.1 Å². The SMILES string of the molecule is C[C@@H]1C[C@H]1C(=O)NCC(=O)N1CCN(CC(=O)NCc2ccccc2)CC1. The van der Waals surface area contributed by atoms with Crippen LogP contribution in [0.5, 0.6) is 0 Å². The lowest BCUT2D eigenvalue weighted by Gasteiger charge is -2.34. The predicted molar refractivity (Wildman–Crippen MR) is 102 cm³/mol. The normalized spacial score (nSPS) is 22.2. The number of carbonyl (C=O) groups is 3. The third-order valence-electron chi connectivity index (χ3n) is 5.28. The second-order valence-electron chi connectivity index (χ2n) is 7.46. The lowest BCUT2D eigenvalue weighted by Crippen LogP contribution is -2.53. The molecule has 1 heterocycles. The Labute approximate surface area is 160 Å². The fourth-order valence-corrected chi connectivity index (χ4v) is 3.30. The van der Waals surface area contributed by atoms with E-state index in [0.29, 0.717) is 45.2 Å². The molecule has 1 aromatic carbocycles. The molecule has 7 heteroatoms. The maximum Gasteiger partial charge on any atom is 0.242 e. The molecule has 146 valence electrons. The predicted octanol–water partition coefficient (Wildman–Crippen LogP) is 0.219. The molecular formula is C20H28N4O3. The minimum Gasteiger partial charge on any atom is -0.351 e. The zero-order valence-electron chi connectivity index (χ0n) is 15.8. The topological polar surface area (TPSA) is 81.8 Å². The van der Waals surface area contributed by atoms with Crippen molar-refractivity contribution in [2.45, 2.75) is 19.9 Å². The van der Waals surface area contributed by atoms with Gasteiger partial charge in [0.2, 0.25) is 17.7 Å². The Morgan fingerprint density at radius 1 is 1.04 bits per heavy atom. The zero-order valence-corrected chi connectivity index (χ0v) is 15.8. The van der Waals surface area contributed by atoms with E-state index in [0.717, 1.165) is 12.0 Å². The maximum absolute atomic E-state index is 12.2. The number of nitrogens with zero attached hydrogens (tertiary/aromatic N) is 2. The van der Waals surface area contributed by atoms with Crippen molar-refractivity contribution in [2.24, 2.45) is 11.8 Å². The number of rotatable bonds is 7. The molecule has 1 saturated heterocycles. The van der Waals surface area contributed by atoms with Crippen LogP contribution in [0, 0.1) is 11.8 Å². The van der Waals surface area contributed by atoms with Crippen LogP contribution in [0.4, 0.5) is 0 Å². The highest BCUT2D eigenvalue weighted by Gasteiger charge is 2.39. The van der Waals surface area contributed by atoms with E-state index in [1.54, 1.807) is 4.90 Å². The Balaban J connectivity index is 1.31. The molecule has 1 aromatic rings. The average molecular weight is 372 g/mol. The molecule has 1 aliphatic heterocycles. The minimum atomic E-state index is -0.0511. The number of hydrogen-bond donors (Lipinski definition) is 2. The lowest BCUT2D eigenvalue weighted by atomic mass is 10.2. The van der Waals surface area contributed by atoms with Crippen LogP contribution in [-0.2, 0) is 20.9 Å². The van der Waals surface area contributed by atoms with Crippen LogP contribution in [-0.4, -0.2) is 66.8 Å². The number of carbonyl (C=O) groups excluding carboxylic acids is 3. The van der Waals surface area contributed by atoms with Crippen LogP contribution in [0.1, 0.15) is 18.9 Å². The Hall–Kier alpha value is -2.41. The van der Waals surface area contributed by atoms with Gasteiger partial charge in [0.15, 0.2) is 0 Å². The summed E-state index contributed by atoms with van der Waals surface area (Å²) in [6, 6.07) is 9.81. The van der Waals surface area contributed by atoms with Crippen molar-refractivity contribution in [3.63, 3.8) is 0 Å². The van der Waals surface area contributed by atoms with Crippen molar-refractivity contribution in [1.29, 1.82) is 0 Å². The van der Waals surface area contributed by atoms with Gasteiger partial charge in [-0.1, -0.05) is 37.3 Å². The Morgan fingerprint density at radius 3 is 2.33 bits per heavy atom. The molecular weight excluding hydrogens is 344 g/mol. The molecule has 0 aromatic heterocycles.